The Morgan fingerprint density at radius 3 is 2.00 bits per heavy atom. The first kappa shape index (κ1) is 15.7. The highest BCUT2D eigenvalue weighted by atomic mass is 19.4. The SMILES string of the molecule is CC(C)(C)c1ccc(C(=O)CC(N)C(F)(F)F)cc1. The van der Waals surface area contributed by atoms with Crippen molar-refractivity contribution in [3.63, 3.8) is 0 Å². The number of halogens is 3. The Labute approximate surface area is 110 Å². The van der Waals surface area contributed by atoms with Crippen molar-refractivity contribution in [3.8, 4) is 0 Å². The van der Waals surface area contributed by atoms with Crippen molar-refractivity contribution in [1.82, 2.24) is 0 Å². The van der Waals surface area contributed by atoms with Gasteiger partial charge in [0.1, 0.15) is 6.04 Å². The van der Waals surface area contributed by atoms with E-state index >= 15 is 0 Å². The Morgan fingerprint density at radius 1 is 1.16 bits per heavy atom. The zero-order valence-corrected chi connectivity index (χ0v) is 11.2. The zero-order chi connectivity index (χ0) is 14.8. The standard InChI is InChI=1S/C14H18F3NO/c1-13(2,3)10-6-4-9(5-7-10)11(19)8-12(18)14(15,16)17/h4-7,12H,8,18H2,1-3H3. The molecule has 0 fully saturated rings. The Kier molecular flexibility index (Phi) is 4.40. The quantitative estimate of drug-likeness (QED) is 0.857. The molecule has 1 rings (SSSR count). The van der Waals surface area contributed by atoms with E-state index < -0.39 is 24.4 Å². The summed E-state index contributed by atoms with van der Waals surface area (Å²) in [7, 11) is 0. The van der Waals surface area contributed by atoms with E-state index in [0.29, 0.717) is 0 Å². The van der Waals surface area contributed by atoms with Crippen LogP contribution in [0.1, 0.15) is 43.1 Å². The Bertz CT molecular complexity index is 443. The third-order valence-electron chi connectivity index (χ3n) is 2.90. The molecule has 2 nitrogen and oxygen atoms in total. The van der Waals surface area contributed by atoms with Crippen molar-refractivity contribution in [1.29, 1.82) is 0 Å². The summed E-state index contributed by atoms with van der Waals surface area (Å²) in [5.41, 5.74) is 6.15. The van der Waals surface area contributed by atoms with Crippen molar-refractivity contribution in [2.45, 2.75) is 44.8 Å². The molecule has 0 spiro atoms. The fourth-order valence-corrected chi connectivity index (χ4v) is 1.59. The second-order valence-corrected chi connectivity index (χ2v) is 5.60. The van der Waals surface area contributed by atoms with Gasteiger partial charge in [0, 0.05) is 12.0 Å². The first-order valence-corrected chi connectivity index (χ1v) is 5.98. The van der Waals surface area contributed by atoms with E-state index in [1.165, 1.54) is 0 Å². The molecule has 1 unspecified atom stereocenters. The summed E-state index contributed by atoms with van der Waals surface area (Å²) >= 11 is 0. The molecule has 0 heterocycles. The maximum Gasteiger partial charge on any atom is 0.404 e. The van der Waals surface area contributed by atoms with Gasteiger partial charge >= 0.3 is 6.18 Å². The van der Waals surface area contributed by atoms with Crippen molar-refractivity contribution in [2.24, 2.45) is 5.73 Å². The molecule has 0 radical (unpaired) electrons. The lowest BCUT2D eigenvalue weighted by Crippen LogP contribution is -2.39. The van der Waals surface area contributed by atoms with E-state index in [1.807, 2.05) is 20.8 Å². The van der Waals surface area contributed by atoms with E-state index in [0.717, 1.165) is 5.56 Å². The summed E-state index contributed by atoms with van der Waals surface area (Å²) in [5.74, 6) is -0.592. The molecular formula is C14H18F3NO. The summed E-state index contributed by atoms with van der Waals surface area (Å²) < 4.78 is 36.8. The average Bonchev–Trinajstić information content (AvgIpc) is 2.26. The molecule has 1 aromatic carbocycles. The monoisotopic (exact) mass is 273 g/mol. The third kappa shape index (κ3) is 4.35. The lowest BCUT2D eigenvalue weighted by molar-refractivity contribution is -0.146. The summed E-state index contributed by atoms with van der Waals surface area (Å²) in [5, 5.41) is 0. The smallest absolute Gasteiger partial charge is 0.320 e. The molecule has 0 saturated heterocycles. The van der Waals surface area contributed by atoms with Gasteiger partial charge in [0.15, 0.2) is 5.78 Å². The number of alkyl halides is 3. The molecule has 0 aliphatic carbocycles. The normalized spacial score (nSPS) is 14.3. The topological polar surface area (TPSA) is 43.1 Å². The predicted octanol–water partition coefficient (Wildman–Crippen LogP) is 3.45. The van der Waals surface area contributed by atoms with Gasteiger partial charge in [0.05, 0.1) is 0 Å². The summed E-state index contributed by atoms with van der Waals surface area (Å²) in [4.78, 5) is 11.7. The van der Waals surface area contributed by atoms with Crippen LogP contribution in [-0.2, 0) is 5.41 Å². The van der Waals surface area contributed by atoms with Gasteiger partial charge in [-0.05, 0) is 11.0 Å². The number of Topliss-reactive ketones (excluding diaryl/α,β-unsaturated/α-hetero) is 1. The van der Waals surface area contributed by atoms with Crippen LogP contribution >= 0.6 is 0 Å². The lowest BCUT2D eigenvalue weighted by atomic mass is 9.86. The minimum absolute atomic E-state index is 0.0655. The molecule has 0 aliphatic heterocycles. The highest BCUT2D eigenvalue weighted by Gasteiger charge is 2.37. The second-order valence-electron chi connectivity index (χ2n) is 5.60. The lowest BCUT2D eigenvalue weighted by Gasteiger charge is -2.19. The number of carbonyl (C=O) groups is 1. The van der Waals surface area contributed by atoms with Crippen molar-refractivity contribution in [3.05, 3.63) is 35.4 Å². The van der Waals surface area contributed by atoms with Gasteiger partial charge in [-0.2, -0.15) is 13.2 Å². The number of ketones is 1. The zero-order valence-electron chi connectivity index (χ0n) is 11.2. The van der Waals surface area contributed by atoms with Crippen LogP contribution in [0.4, 0.5) is 13.2 Å². The fourth-order valence-electron chi connectivity index (χ4n) is 1.59. The molecule has 0 bridgehead atoms. The number of hydrogen-bond acceptors (Lipinski definition) is 2. The van der Waals surface area contributed by atoms with Gasteiger partial charge in [0.25, 0.3) is 0 Å². The second kappa shape index (κ2) is 5.33. The first-order chi connectivity index (χ1) is 8.51. The van der Waals surface area contributed by atoms with Crippen LogP contribution in [0.15, 0.2) is 24.3 Å². The van der Waals surface area contributed by atoms with Gasteiger partial charge < -0.3 is 5.73 Å². The van der Waals surface area contributed by atoms with Gasteiger partial charge in [-0.1, -0.05) is 45.0 Å². The van der Waals surface area contributed by atoms with Crippen LogP contribution < -0.4 is 5.73 Å². The van der Waals surface area contributed by atoms with Gasteiger partial charge in [-0.15, -0.1) is 0 Å². The fraction of sp³-hybridized carbons (Fsp3) is 0.500. The Morgan fingerprint density at radius 2 is 1.63 bits per heavy atom. The maximum atomic E-state index is 12.3. The number of benzene rings is 1. The van der Waals surface area contributed by atoms with Gasteiger partial charge in [-0.3, -0.25) is 4.79 Å². The van der Waals surface area contributed by atoms with E-state index in [4.69, 9.17) is 5.73 Å². The molecule has 0 saturated carbocycles. The van der Waals surface area contributed by atoms with E-state index in [1.54, 1.807) is 24.3 Å². The van der Waals surface area contributed by atoms with E-state index in [9.17, 15) is 18.0 Å². The highest BCUT2D eigenvalue weighted by molar-refractivity contribution is 5.96. The van der Waals surface area contributed by atoms with Crippen LogP contribution in [-0.4, -0.2) is 18.0 Å². The maximum absolute atomic E-state index is 12.3. The van der Waals surface area contributed by atoms with E-state index in [-0.39, 0.29) is 11.0 Å². The average molecular weight is 273 g/mol. The van der Waals surface area contributed by atoms with Crippen LogP contribution in [0, 0.1) is 0 Å². The first-order valence-electron chi connectivity index (χ1n) is 5.98. The number of hydrogen-bond donors (Lipinski definition) is 1. The molecule has 0 aliphatic rings. The van der Waals surface area contributed by atoms with E-state index in [2.05, 4.69) is 0 Å². The van der Waals surface area contributed by atoms with Crippen LogP contribution in [0.3, 0.4) is 0 Å². The molecule has 0 aromatic heterocycles. The highest BCUT2D eigenvalue weighted by Crippen LogP contribution is 2.24. The minimum atomic E-state index is -4.54. The number of nitrogens with two attached hydrogens (primary N) is 1. The number of carbonyl (C=O) groups excluding carboxylic acids is 1. The molecule has 106 valence electrons. The van der Waals surface area contributed by atoms with Gasteiger partial charge in [0.2, 0.25) is 0 Å². The molecule has 5 heteroatoms. The molecule has 2 N–H and O–H groups in total. The van der Waals surface area contributed by atoms with Crippen molar-refractivity contribution >= 4 is 5.78 Å². The molecule has 1 atom stereocenters. The molecule has 19 heavy (non-hydrogen) atoms. The van der Waals surface area contributed by atoms with Crippen molar-refractivity contribution < 1.29 is 18.0 Å². The predicted molar refractivity (Wildman–Crippen MR) is 68.1 cm³/mol. The molecule has 0 amide bonds. The molecular weight excluding hydrogens is 255 g/mol. The summed E-state index contributed by atoms with van der Waals surface area (Å²) in [6, 6.07) is 4.50. The minimum Gasteiger partial charge on any atom is -0.320 e. The van der Waals surface area contributed by atoms with Crippen molar-refractivity contribution in [2.75, 3.05) is 0 Å². The Balaban J connectivity index is 2.80. The van der Waals surface area contributed by atoms with Crippen LogP contribution in [0.25, 0.3) is 0 Å². The number of rotatable bonds is 3. The molecule has 1 aromatic rings. The summed E-state index contributed by atoms with van der Waals surface area (Å²) in [6.45, 7) is 6.05. The summed E-state index contributed by atoms with van der Waals surface area (Å²) in [6.07, 6.45) is -5.26. The largest absolute Gasteiger partial charge is 0.404 e. The van der Waals surface area contributed by atoms with Gasteiger partial charge in [-0.25, -0.2) is 0 Å². The van der Waals surface area contributed by atoms with Crippen LogP contribution in [0.2, 0.25) is 0 Å². The Hall–Kier alpha value is -1.36. The third-order valence-corrected chi connectivity index (χ3v) is 2.90. The van der Waals surface area contributed by atoms with Crippen LogP contribution in [0.5, 0.6) is 0 Å².